The molecule has 0 spiro atoms. The van der Waals surface area contributed by atoms with Crippen LogP contribution < -0.4 is 11.1 Å². The predicted molar refractivity (Wildman–Crippen MR) is 42.0 cm³/mol. The first-order chi connectivity index (χ1) is 4.30. The number of nitrogens with two attached hydrogens (primary N) is 1. The maximum absolute atomic E-state index is 5.36. The normalized spacial score (nSPS) is 16.2. The van der Waals surface area contributed by atoms with E-state index in [1.165, 1.54) is 0 Å². The quantitative estimate of drug-likeness (QED) is 0.515. The van der Waals surface area contributed by atoms with Gasteiger partial charge in [-0.2, -0.15) is 0 Å². The minimum atomic E-state index is 0.479. The Hall–Kier alpha value is -0.830. The fourth-order valence-corrected chi connectivity index (χ4v) is 0.770. The molecule has 0 amide bonds. The van der Waals surface area contributed by atoms with Crippen LogP contribution in [0.2, 0.25) is 0 Å². The van der Waals surface area contributed by atoms with Gasteiger partial charge in [-0.3, -0.25) is 0 Å². The van der Waals surface area contributed by atoms with Gasteiger partial charge in [0.15, 0.2) is 0 Å². The van der Waals surface area contributed by atoms with Gasteiger partial charge in [-0.15, -0.1) is 0 Å². The molecule has 0 saturated carbocycles. The standard InChI is InChI=1S/C6H8N2S/c7-6(9)5-2-1-3-8-4-5/h1-3,8H,4H2,(H2,7,9). The Balaban J connectivity index is 2.68. The van der Waals surface area contributed by atoms with Gasteiger partial charge in [0.05, 0.1) is 0 Å². The van der Waals surface area contributed by atoms with Crippen LogP contribution in [0, 0.1) is 0 Å². The highest BCUT2D eigenvalue weighted by molar-refractivity contribution is 7.80. The molecular weight excluding hydrogens is 132 g/mol. The Morgan fingerprint density at radius 1 is 1.78 bits per heavy atom. The summed E-state index contributed by atoms with van der Waals surface area (Å²) < 4.78 is 0. The summed E-state index contributed by atoms with van der Waals surface area (Å²) in [6.45, 7) is 0.756. The molecule has 0 saturated heterocycles. The second-order valence-corrected chi connectivity index (χ2v) is 2.24. The Labute approximate surface area is 59.4 Å². The van der Waals surface area contributed by atoms with Crippen LogP contribution in [0.1, 0.15) is 0 Å². The van der Waals surface area contributed by atoms with Crippen molar-refractivity contribution >= 4 is 17.2 Å². The zero-order valence-electron chi connectivity index (χ0n) is 4.92. The predicted octanol–water partition coefficient (Wildman–Crippen LogP) is 0.316. The fourth-order valence-electron chi connectivity index (χ4n) is 0.629. The van der Waals surface area contributed by atoms with E-state index < -0.39 is 0 Å². The molecule has 0 aromatic rings. The highest BCUT2D eigenvalue weighted by atomic mass is 32.1. The van der Waals surface area contributed by atoms with Crippen LogP contribution >= 0.6 is 12.2 Å². The number of dihydropyridines is 1. The van der Waals surface area contributed by atoms with E-state index in [2.05, 4.69) is 5.32 Å². The number of hydrogen-bond acceptors (Lipinski definition) is 2. The van der Waals surface area contributed by atoms with Crippen molar-refractivity contribution in [2.24, 2.45) is 5.73 Å². The van der Waals surface area contributed by atoms with Crippen molar-refractivity contribution in [3.8, 4) is 0 Å². The number of nitrogens with one attached hydrogen (secondary N) is 1. The SMILES string of the molecule is NC(=S)C1=CC=CNC1. The molecule has 1 aliphatic heterocycles. The van der Waals surface area contributed by atoms with E-state index in [-0.39, 0.29) is 0 Å². The van der Waals surface area contributed by atoms with E-state index in [0.29, 0.717) is 4.99 Å². The molecule has 0 aromatic carbocycles. The first-order valence-electron chi connectivity index (χ1n) is 2.69. The first kappa shape index (κ1) is 6.29. The van der Waals surface area contributed by atoms with Gasteiger partial charge in [0.25, 0.3) is 0 Å². The molecule has 1 rings (SSSR count). The van der Waals surface area contributed by atoms with Crippen LogP contribution in [-0.2, 0) is 0 Å². The molecule has 1 aliphatic rings. The summed E-state index contributed by atoms with van der Waals surface area (Å²) >= 11 is 4.75. The zero-order valence-corrected chi connectivity index (χ0v) is 5.74. The monoisotopic (exact) mass is 140 g/mol. The van der Waals surface area contributed by atoms with Crippen molar-refractivity contribution in [2.45, 2.75) is 0 Å². The second kappa shape index (κ2) is 2.64. The van der Waals surface area contributed by atoms with Gasteiger partial charge >= 0.3 is 0 Å². The van der Waals surface area contributed by atoms with E-state index in [0.717, 1.165) is 12.1 Å². The molecule has 0 atom stereocenters. The van der Waals surface area contributed by atoms with Crippen LogP contribution in [0.5, 0.6) is 0 Å². The second-order valence-electron chi connectivity index (χ2n) is 1.80. The van der Waals surface area contributed by atoms with E-state index >= 15 is 0 Å². The van der Waals surface area contributed by atoms with Crippen molar-refractivity contribution in [1.29, 1.82) is 0 Å². The molecule has 0 bridgehead atoms. The summed E-state index contributed by atoms with van der Waals surface area (Å²) in [6.07, 6.45) is 5.67. The molecule has 0 radical (unpaired) electrons. The van der Waals surface area contributed by atoms with Crippen LogP contribution in [-0.4, -0.2) is 11.5 Å². The lowest BCUT2D eigenvalue weighted by atomic mass is 10.2. The molecule has 0 fully saturated rings. The third-order valence-corrected chi connectivity index (χ3v) is 1.38. The summed E-state index contributed by atoms with van der Waals surface area (Å²) in [6, 6.07) is 0. The van der Waals surface area contributed by atoms with Gasteiger partial charge in [0, 0.05) is 12.1 Å². The first-order valence-corrected chi connectivity index (χ1v) is 3.10. The molecule has 48 valence electrons. The average Bonchev–Trinajstić information content (AvgIpc) is 1.90. The van der Waals surface area contributed by atoms with Gasteiger partial charge in [-0.1, -0.05) is 18.3 Å². The van der Waals surface area contributed by atoms with Gasteiger partial charge < -0.3 is 11.1 Å². The highest BCUT2D eigenvalue weighted by Gasteiger charge is 1.99. The van der Waals surface area contributed by atoms with Crippen molar-refractivity contribution in [3.63, 3.8) is 0 Å². The fraction of sp³-hybridized carbons (Fsp3) is 0.167. The lowest BCUT2D eigenvalue weighted by molar-refractivity contribution is 0.950. The molecule has 2 nitrogen and oxygen atoms in total. The molecule has 9 heavy (non-hydrogen) atoms. The molecule has 1 heterocycles. The number of rotatable bonds is 1. The third kappa shape index (κ3) is 1.54. The highest BCUT2D eigenvalue weighted by Crippen LogP contribution is 1.97. The van der Waals surface area contributed by atoms with Crippen LogP contribution in [0.3, 0.4) is 0 Å². The lowest BCUT2D eigenvalue weighted by Gasteiger charge is -2.07. The summed E-state index contributed by atoms with van der Waals surface area (Å²) in [5.74, 6) is 0. The lowest BCUT2D eigenvalue weighted by Crippen LogP contribution is -2.22. The largest absolute Gasteiger partial charge is 0.390 e. The number of thiocarbonyl (C=S) groups is 1. The topological polar surface area (TPSA) is 38.0 Å². The molecule has 3 N–H and O–H groups in total. The van der Waals surface area contributed by atoms with Gasteiger partial charge in [-0.25, -0.2) is 0 Å². The maximum atomic E-state index is 5.36. The Bertz CT molecular complexity index is 181. The third-order valence-electron chi connectivity index (χ3n) is 1.12. The Morgan fingerprint density at radius 3 is 2.89 bits per heavy atom. The average molecular weight is 140 g/mol. The summed E-state index contributed by atoms with van der Waals surface area (Å²) in [5, 5.41) is 3.00. The maximum Gasteiger partial charge on any atom is 0.101 e. The van der Waals surface area contributed by atoms with E-state index in [4.69, 9.17) is 18.0 Å². The molecule has 0 unspecified atom stereocenters. The summed E-state index contributed by atoms with van der Waals surface area (Å²) in [4.78, 5) is 0.479. The van der Waals surface area contributed by atoms with Gasteiger partial charge in [0.2, 0.25) is 0 Å². The van der Waals surface area contributed by atoms with Gasteiger partial charge in [-0.05, 0) is 12.3 Å². The van der Waals surface area contributed by atoms with Crippen molar-refractivity contribution < 1.29 is 0 Å². The number of hydrogen-bond donors (Lipinski definition) is 2. The van der Waals surface area contributed by atoms with Crippen LogP contribution in [0.15, 0.2) is 23.9 Å². The minimum Gasteiger partial charge on any atom is -0.390 e. The summed E-state index contributed by atoms with van der Waals surface area (Å²) in [5.41, 5.74) is 6.35. The Kier molecular flexibility index (Phi) is 1.85. The van der Waals surface area contributed by atoms with Gasteiger partial charge in [0.1, 0.15) is 4.99 Å². The molecular formula is C6H8N2S. The molecule has 3 heteroatoms. The van der Waals surface area contributed by atoms with Crippen molar-refractivity contribution in [1.82, 2.24) is 5.32 Å². The van der Waals surface area contributed by atoms with Crippen molar-refractivity contribution in [3.05, 3.63) is 23.9 Å². The molecule has 0 aromatic heterocycles. The van der Waals surface area contributed by atoms with Crippen LogP contribution in [0.25, 0.3) is 0 Å². The smallest absolute Gasteiger partial charge is 0.101 e. The minimum absolute atomic E-state index is 0.479. The van der Waals surface area contributed by atoms with E-state index in [1.54, 1.807) is 0 Å². The summed E-state index contributed by atoms with van der Waals surface area (Å²) in [7, 11) is 0. The van der Waals surface area contributed by atoms with Crippen LogP contribution in [0.4, 0.5) is 0 Å². The van der Waals surface area contributed by atoms with E-state index in [9.17, 15) is 0 Å². The molecule has 0 aliphatic carbocycles. The zero-order chi connectivity index (χ0) is 6.69. The number of allylic oxidation sites excluding steroid dienone is 2. The van der Waals surface area contributed by atoms with E-state index in [1.807, 2.05) is 18.4 Å². The van der Waals surface area contributed by atoms with Crippen molar-refractivity contribution in [2.75, 3.05) is 6.54 Å². The Morgan fingerprint density at radius 2 is 2.56 bits per heavy atom.